The number of rotatable bonds is 5. The predicted molar refractivity (Wildman–Crippen MR) is 94.7 cm³/mol. The van der Waals surface area contributed by atoms with Gasteiger partial charge in [-0.2, -0.15) is 13.2 Å². The van der Waals surface area contributed by atoms with Gasteiger partial charge in [-0.15, -0.1) is 24.8 Å². The van der Waals surface area contributed by atoms with Gasteiger partial charge in [0.2, 0.25) is 0 Å². The highest BCUT2D eigenvalue weighted by atomic mass is 35.5. The average Bonchev–Trinajstić information content (AvgIpc) is 2.48. The number of carbonyl (C=O) groups is 1. The number of esters is 1. The van der Waals surface area contributed by atoms with E-state index in [1.54, 1.807) is 24.3 Å². The van der Waals surface area contributed by atoms with Crippen molar-refractivity contribution in [3.05, 3.63) is 29.8 Å². The number of alkyl halides is 3. The van der Waals surface area contributed by atoms with Gasteiger partial charge < -0.3 is 10.1 Å². The molecular weight excluding hydrogens is 380 g/mol. The molecule has 1 aliphatic rings. The Morgan fingerprint density at radius 2 is 1.76 bits per heavy atom. The summed E-state index contributed by atoms with van der Waals surface area (Å²) in [4.78, 5) is 13.0. The van der Waals surface area contributed by atoms with Crippen LogP contribution in [0.5, 0.6) is 5.75 Å². The Morgan fingerprint density at radius 3 is 2.24 bits per heavy atom. The van der Waals surface area contributed by atoms with E-state index < -0.39 is 18.6 Å². The van der Waals surface area contributed by atoms with Gasteiger partial charge in [0.05, 0.1) is 0 Å². The first kappa shape index (κ1) is 24.0. The van der Waals surface area contributed by atoms with Gasteiger partial charge in [-0.3, -0.25) is 9.69 Å². The molecule has 1 atom stereocenters. The van der Waals surface area contributed by atoms with Crippen LogP contribution >= 0.6 is 24.8 Å². The Balaban J connectivity index is 0.00000288. The third-order valence-corrected chi connectivity index (χ3v) is 3.82. The molecule has 1 heterocycles. The molecule has 0 unspecified atom stereocenters. The van der Waals surface area contributed by atoms with E-state index in [1.807, 2.05) is 0 Å². The molecule has 0 spiro atoms. The standard InChI is InChI=1S/C16H21F3N2O2.2ClH/c1-12(22)23-14-4-2-13(3-5-14)15(6-7-16(17,18)19)21-10-8-20-9-11-21;;/h2-5,15,20H,6-11H2,1H3;2*1H/t15-;;/m0../s1. The quantitative estimate of drug-likeness (QED) is 0.601. The molecule has 0 aromatic heterocycles. The lowest BCUT2D eigenvalue weighted by atomic mass is 9.99. The third-order valence-electron chi connectivity index (χ3n) is 3.82. The summed E-state index contributed by atoms with van der Waals surface area (Å²) in [6.45, 7) is 4.28. The largest absolute Gasteiger partial charge is 0.427 e. The lowest BCUT2D eigenvalue weighted by Crippen LogP contribution is -2.45. The summed E-state index contributed by atoms with van der Waals surface area (Å²) in [7, 11) is 0. The molecule has 1 aromatic carbocycles. The second-order valence-electron chi connectivity index (χ2n) is 5.62. The Morgan fingerprint density at radius 1 is 1.20 bits per heavy atom. The van der Waals surface area contributed by atoms with Crippen LogP contribution in [0, 0.1) is 0 Å². The first-order valence-electron chi connectivity index (χ1n) is 7.65. The second kappa shape index (κ2) is 10.9. The van der Waals surface area contributed by atoms with Gasteiger partial charge in [-0.05, 0) is 24.1 Å². The molecule has 4 nitrogen and oxygen atoms in total. The molecule has 0 amide bonds. The number of ether oxygens (including phenoxy) is 1. The highest BCUT2D eigenvalue weighted by molar-refractivity contribution is 5.85. The van der Waals surface area contributed by atoms with Crippen LogP contribution in [0.25, 0.3) is 0 Å². The maximum absolute atomic E-state index is 12.6. The highest BCUT2D eigenvalue weighted by Gasteiger charge is 2.31. The monoisotopic (exact) mass is 402 g/mol. The summed E-state index contributed by atoms with van der Waals surface area (Å²) in [5.74, 6) is -0.0235. The Labute approximate surface area is 157 Å². The van der Waals surface area contributed by atoms with E-state index in [-0.39, 0.29) is 37.3 Å². The van der Waals surface area contributed by atoms with Crippen molar-refractivity contribution in [1.29, 1.82) is 0 Å². The molecule has 0 radical (unpaired) electrons. The predicted octanol–water partition coefficient (Wildman–Crippen LogP) is 3.74. The SMILES string of the molecule is CC(=O)Oc1ccc([C@H](CCC(F)(F)F)N2CCNCC2)cc1.Cl.Cl. The fourth-order valence-corrected chi connectivity index (χ4v) is 2.78. The molecular formula is C16H23Cl2F3N2O2. The fraction of sp³-hybridized carbons (Fsp3) is 0.562. The number of nitrogens with one attached hydrogen (secondary N) is 1. The molecule has 9 heteroatoms. The molecule has 0 bridgehead atoms. The van der Waals surface area contributed by atoms with Crippen molar-refractivity contribution in [2.24, 2.45) is 0 Å². The van der Waals surface area contributed by atoms with Crippen molar-refractivity contribution < 1.29 is 22.7 Å². The molecule has 25 heavy (non-hydrogen) atoms. The first-order valence-corrected chi connectivity index (χ1v) is 7.65. The Kier molecular flexibility index (Phi) is 10.4. The van der Waals surface area contributed by atoms with Crippen molar-refractivity contribution in [1.82, 2.24) is 10.2 Å². The van der Waals surface area contributed by atoms with Crippen molar-refractivity contribution >= 4 is 30.8 Å². The van der Waals surface area contributed by atoms with Crippen molar-refractivity contribution in [3.8, 4) is 5.75 Å². The minimum atomic E-state index is -4.16. The smallest absolute Gasteiger partial charge is 0.389 e. The maximum atomic E-state index is 12.6. The molecule has 1 aromatic rings. The number of halogens is 5. The number of carbonyl (C=O) groups excluding carboxylic acids is 1. The lowest BCUT2D eigenvalue weighted by Gasteiger charge is -2.35. The van der Waals surface area contributed by atoms with Crippen molar-refractivity contribution in [2.75, 3.05) is 26.2 Å². The zero-order valence-electron chi connectivity index (χ0n) is 13.8. The third kappa shape index (κ3) is 8.27. The number of hydrogen-bond donors (Lipinski definition) is 1. The number of hydrogen-bond acceptors (Lipinski definition) is 4. The molecule has 1 N–H and O–H groups in total. The van der Waals surface area contributed by atoms with E-state index in [0.29, 0.717) is 18.8 Å². The van der Waals surface area contributed by atoms with E-state index >= 15 is 0 Å². The second-order valence-corrected chi connectivity index (χ2v) is 5.62. The number of nitrogens with zero attached hydrogens (tertiary/aromatic N) is 1. The molecule has 1 saturated heterocycles. The zero-order valence-corrected chi connectivity index (χ0v) is 15.5. The first-order chi connectivity index (χ1) is 10.8. The zero-order chi connectivity index (χ0) is 16.9. The van der Waals surface area contributed by atoms with Gasteiger partial charge in [0, 0.05) is 45.6 Å². The van der Waals surface area contributed by atoms with Crippen LogP contribution in [0.3, 0.4) is 0 Å². The van der Waals surface area contributed by atoms with Gasteiger partial charge in [0.25, 0.3) is 0 Å². The fourth-order valence-electron chi connectivity index (χ4n) is 2.78. The molecule has 1 fully saturated rings. The van der Waals surface area contributed by atoms with Crippen LogP contribution < -0.4 is 10.1 Å². The summed E-state index contributed by atoms with van der Waals surface area (Å²) < 4.78 is 42.8. The van der Waals surface area contributed by atoms with E-state index in [2.05, 4.69) is 10.2 Å². The van der Waals surface area contributed by atoms with Crippen LogP contribution in [0.1, 0.15) is 31.4 Å². The Bertz CT molecular complexity index is 521. The van der Waals surface area contributed by atoms with Gasteiger partial charge in [0.1, 0.15) is 5.75 Å². The van der Waals surface area contributed by atoms with Gasteiger partial charge >= 0.3 is 12.1 Å². The van der Waals surface area contributed by atoms with E-state index in [0.717, 1.165) is 18.7 Å². The molecule has 2 rings (SSSR count). The van der Waals surface area contributed by atoms with Crippen LogP contribution in [-0.2, 0) is 4.79 Å². The summed E-state index contributed by atoms with van der Waals surface area (Å²) >= 11 is 0. The summed E-state index contributed by atoms with van der Waals surface area (Å²) in [6.07, 6.45) is -4.95. The van der Waals surface area contributed by atoms with Crippen LogP contribution in [0.4, 0.5) is 13.2 Å². The number of benzene rings is 1. The topological polar surface area (TPSA) is 41.6 Å². The Hall–Kier alpha value is -1.02. The van der Waals surface area contributed by atoms with Crippen LogP contribution in [-0.4, -0.2) is 43.2 Å². The molecule has 0 aliphatic carbocycles. The van der Waals surface area contributed by atoms with E-state index in [4.69, 9.17) is 4.74 Å². The van der Waals surface area contributed by atoms with Gasteiger partial charge in [0.15, 0.2) is 0 Å². The van der Waals surface area contributed by atoms with E-state index in [1.165, 1.54) is 6.92 Å². The summed E-state index contributed by atoms with van der Waals surface area (Å²) in [6, 6.07) is 6.44. The van der Waals surface area contributed by atoms with Gasteiger partial charge in [-0.1, -0.05) is 12.1 Å². The number of piperazine rings is 1. The van der Waals surface area contributed by atoms with Gasteiger partial charge in [-0.25, -0.2) is 0 Å². The highest BCUT2D eigenvalue weighted by Crippen LogP contribution is 2.32. The normalized spacial score (nSPS) is 16.3. The van der Waals surface area contributed by atoms with E-state index in [9.17, 15) is 18.0 Å². The van der Waals surface area contributed by atoms with Crippen LogP contribution in [0.2, 0.25) is 0 Å². The summed E-state index contributed by atoms with van der Waals surface area (Å²) in [5, 5.41) is 3.20. The molecule has 0 saturated carbocycles. The van der Waals surface area contributed by atoms with Crippen molar-refractivity contribution in [2.45, 2.75) is 32.0 Å². The molecule has 1 aliphatic heterocycles. The minimum absolute atomic E-state index is 0. The minimum Gasteiger partial charge on any atom is -0.427 e. The lowest BCUT2D eigenvalue weighted by molar-refractivity contribution is -0.138. The van der Waals surface area contributed by atoms with Crippen LogP contribution in [0.15, 0.2) is 24.3 Å². The van der Waals surface area contributed by atoms with Crippen molar-refractivity contribution in [3.63, 3.8) is 0 Å². The average molecular weight is 403 g/mol. The summed E-state index contributed by atoms with van der Waals surface area (Å²) in [5.41, 5.74) is 0.812. The molecule has 144 valence electrons. The maximum Gasteiger partial charge on any atom is 0.389 e.